The molecule has 2 N–H and O–H groups in total. The van der Waals surface area contributed by atoms with Crippen LogP contribution >= 0.6 is 11.8 Å². The number of hydrogen-bond acceptors (Lipinski definition) is 4. The van der Waals surface area contributed by atoms with Crippen LogP contribution in [0.1, 0.15) is 29.7 Å². The van der Waals surface area contributed by atoms with Crippen molar-refractivity contribution in [3.63, 3.8) is 0 Å². The van der Waals surface area contributed by atoms with Gasteiger partial charge in [0.25, 0.3) is 0 Å². The Labute approximate surface area is 106 Å². The van der Waals surface area contributed by atoms with E-state index in [2.05, 4.69) is 0 Å². The summed E-state index contributed by atoms with van der Waals surface area (Å²) in [6.45, 7) is 5.32. The van der Waals surface area contributed by atoms with Crippen molar-refractivity contribution >= 4 is 16.9 Å². The van der Waals surface area contributed by atoms with E-state index in [0.717, 1.165) is 28.5 Å². The first-order valence-corrected chi connectivity index (χ1v) is 6.47. The van der Waals surface area contributed by atoms with Crippen LogP contribution in [0.4, 0.5) is 0 Å². The van der Waals surface area contributed by atoms with Crippen LogP contribution in [0.15, 0.2) is 18.2 Å². The summed E-state index contributed by atoms with van der Waals surface area (Å²) in [5.41, 5.74) is 2.78. The van der Waals surface area contributed by atoms with Gasteiger partial charge in [-0.2, -0.15) is 0 Å². The van der Waals surface area contributed by atoms with Gasteiger partial charge in [0.2, 0.25) is 0 Å². The first-order chi connectivity index (χ1) is 7.93. The van der Waals surface area contributed by atoms with Gasteiger partial charge in [0.15, 0.2) is 5.12 Å². The zero-order valence-electron chi connectivity index (χ0n) is 10.3. The fourth-order valence-electron chi connectivity index (χ4n) is 1.60. The molecule has 3 nitrogen and oxygen atoms in total. The SMILES string of the molecule is CC(=O)SCC(O)C(O)c1cccc(C)c1C. The summed E-state index contributed by atoms with van der Waals surface area (Å²) in [7, 11) is 0. The van der Waals surface area contributed by atoms with Crippen molar-refractivity contribution in [3.8, 4) is 0 Å². The number of aryl methyl sites for hydroxylation is 1. The minimum atomic E-state index is -0.943. The molecule has 0 saturated carbocycles. The standard InChI is InChI=1S/C13H18O3S/c1-8-5-4-6-11(9(8)2)13(16)12(15)7-17-10(3)14/h4-6,12-13,15-16H,7H2,1-3H3. The fraction of sp³-hybridized carbons (Fsp3) is 0.462. The molecule has 1 aromatic carbocycles. The van der Waals surface area contributed by atoms with Crippen molar-refractivity contribution in [3.05, 3.63) is 34.9 Å². The average Bonchev–Trinajstić information content (AvgIpc) is 2.28. The molecule has 0 amide bonds. The van der Waals surface area contributed by atoms with Crippen LogP contribution in [0.5, 0.6) is 0 Å². The number of benzene rings is 1. The third-order valence-corrected chi connectivity index (χ3v) is 3.70. The molecule has 0 spiro atoms. The van der Waals surface area contributed by atoms with Crippen molar-refractivity contribution in [2.24, 2.45) is 0 Å². The molecule has 2 unspecified atom stereocenters. The molecule has 0 saturated heterocycles. The van der Waals surface area contributed by atoms with E-state index in [9.17, 15) is 15.0 Å². The number of aliphatic hydroxyl groups is 2. The molecule has 0 aliphatic carbocycles. The second-order valence-electron chi connectivity index (χ2n) is 4.10. The minimum Gasteiger partial charge on any atom is -0.389 e. The molecular weight excluding hydrogens is 236 g/mol. The predicted octanol–water partition coefficient (Wildman–Crippen LogP) is 1.98. The quantitative estimate of drug-likeness (QED) is 0.862. The summed E-state index contributed by atoms with van der Waals surface area (Å²) in [6, 6.07) is 5.61. The Morgan fingerprint density at radius 1 is 1.35 bits per heavy atom. The Hall–Kier alpha value is -0.840. The van der Waals surface area contributed by atoms with E-state index in [1.54, 1.807) is 6.07 Å². The summed E-state index contributed by atoms with van der Waals surface area (Å²) in [6.07, 6.45) is -1.87. The van der Waals surface area contributed by atoms with E-state index in [1.807, 2.05) is 26.0 Å². The number of rotatable bonds is 4. The van der Waals surface area contributed by atoms with Gasteiger partial charge in [0, 0.05) is 12.7 Å². The molecule has 0 aliphatic heterocycles. The van der Waals surface area contributed by atoms with Crippen molar-refractivity contribution in [2.75, 3.05) is 5.75 Å². The van der Waals surface area contributed by atoms with Crippen LogP contribution in [-0.4, -0.2) is 27.2 Å². The Kier molecular flexibility index (Phi) is 5.18. The van der Waals surface area contributed by atoms with E-state index >= 15 is 0 Å². The van der Waals surface area contributed by atoms with Gasteiger partial charge in [0.05, 0.1) is 6.10 Å². The molecule has 0 fully saturated rings. The second kappa shape index (κ2) is 6.19. The Morgan fingerprint density at radius 2 is 2.00 bits per heavy atom. The van der Waals surface area contributed by atoms with Gasteiger partial charge in [-0.25, -0.2) is 0 Å². The average molecular weight is 254 g/mol. The lowest BCUT2D eigenvalue weighted by Crippen LogP contribution is -2.22. The summed E-state index contributed by atoms with van der Waals surface area (Å²) >= 11 is 1.02. The molecule has 94 valence electrons. The lowest BCUT2D eigenvalue weighted by Gasteiger charge is -2.20. The lowest BCUT2D eigenvalue weighted by atomic mass is 9.97. The summed E-state index contributed by atoms with van der Waals surface area (Å²) in [5.74, 6) is 0.212. The minimum absolute atomic E-state index is 0.0581. The van der Waals surface area contributed by atoms with E-state index < -0.39 is 12.2 Å². The Balaban J connectivity index is 2.77. The molecule has 1 aromatic rings. The van der Waals surface area contributed by atoms with Gasteiger partial charge in [-0.1, -0.05) is 30.0 Å². The maximum absolute atomic E-state index is 10.8. The molecule has 17 heavy (non-hydrogen) atoms. The smallest absolute Gasteiger partial charge is 0.185 e. The number of aliphatic hydroxyl groups excluding tert-OH is 2. The lowest BCUT2D eigenvalue weighted by molar-refractivity contribution is -0.109. The van der Waals surface area contributed by atoms with E-state index in [4.69, 9.17) is 0 Å². The number of carbonyl (C=O) groups excluding carboxylic acids is 1. The first-order valence-electron chi connectivity index (χ1n) is 5.49. The summed E-state index contributed by atoms with van der Waals surface area (Å²) < 4.78 is 0. The third-order valence-electron chi connectivity index (χ3n) is 2.79. The maximum Gasteiger partial charge on any atom is 0.185 e. The highest BCUT2D eigenvalue weighted by Gasteiger charge is 2.20. The fourth-order valence-corrected chi connectivity index (χ4v) is 2.18. The largest absolute Gasteiger partial charge is 0.389 e. The maximum atomic E-state index is 10.8. The first kappa shape index (κ1) is 14.2. The zero-order chi connectivity index (χ0) is 13.0. The molecule has 0 bridgehead atoms. The zero-order valence-corrected chi connectivity index (χ0v) is 11.1. The van der Waals surface area contributed by atoms with Crippen molar-refractivity contribution < 1.29 is 15.0 Å². The van der Waals surface area contributed by atoms with Crippen molar-refractivity contribution in [2.45, 2.75) is 33.0 Å². The molecule has 0 aliphatic rings. The van der Waals surface area contributed by atoms with Crippen molar-refractivity contribution in [1.29, 1.82) is 0 Å². The molecule has 1 rings (SSSR count). The normalized spacial score (nSPS) is 14.4. The highest BCUT2D eigenvalue weighted by Crippen LogP contribution is 2.24. The highest BCUT2D eigenvalue weighted by atomic mass is 32.2. The highest BCUT2D eigenvalue weighted by molar-refractivity contribution is 8.13. The number of carbonyl (C=O) groups is 1. The van der Waals surface area contributed by atoms with Crippen molar-refractivity contribution in [1.82, 2.24) is 0 Å². The van der Waals surface area contributed by atoms with Gasteiger partial charge in [0.1, 0.15) is 6.10 Å². The summed E-state index contributed by atoms with van der Waals surface area (Å²) in [5, 5.41) is 19.8. The van der Waals surface area contributed by atoms with E-state index in [0.29, 0.717) is 0 Å². The van der Waals surface area contributed by atoms with E-state index in [1.165, 1.54) is 6.92 Å². The predicted molar refractivity (Wildman–Crippen MR) is 70.0 cm³/mol. The van der Waals surface area contributed by atoms with Crippen LogP contribution in [-0.2, 0) is 4.79 Å². The number of hydrogen-bond donors (Lipinski definition) is 2. The van der Waals surface area contributed by atoms with Crippen LogP contribution in [0, 0.1) is 13.8 Å². The van der Waals surface area contributed by atoms with Gasteiger partial charge in [-0.15, -0.1) is 0 Å². The van der Waals surface area contributed by atoms with Gasteiger partial charge < -0.3 is 10.2 Å². The second-order valence-corrected chi connectivity index (χ2v) is 5.30. The monoisotopic (exact) mass is 254 g/mol. The van der Waals surface area contributed by atoms with Gasteiger partial charge in [-0.3, -0.25) is 4.79 Å². The van der Waals surface area contributed by atoms with Crippen LogP contribution < -0.4 is 0 Å². The van der Waals surface area contributed by atoms with Crippen LogP contribution in [0.3, 0.4) is 0 Å². The molecule has 0 radical (unpaired) electrons. The molecule has 4 heteroatoms. The summed E-state index contributed by atoms with van der Waals surface area (Å²) in [4.78, 5) is 10.8. The van der Waals surface area contributed by atoms with Crippen LogP contribution in [0.25, 0.3) is 0 Å². The van der Waals surface area contributed by atoms with E-state index in [-0.39, 0.29) is 10.9 Å². The van der Waals surface area contributed by atoms with Crippen LogP contribution in [0.2, 0.25) is 0 Å². The molecule has 0 aromatic heterocycles. The third kappa shape index (κ3) is 3.84. The molecule has 0 heterocycles. The molecular formula is C13H18O3S. The van der Waals surface area contributed by atoms with Gasteiger partial charge in [-0.05, 0) is 30.5 Å². The molecule has 2 atom stereocenters. The van der Waals surface area contributed by atoms with Gasteiger partial charge >= 0.3 is 0 Å². The topological polar surface area (TPSA) is 57.5 Å². The Morgan fingerprint density at radius 3 is 2.59 bits per heavy atom. The Bertz CT molecular complexity index is 404. The number of thioether (sulfide) groups is 1.